The summed E-state index contributed by atoms with van der Waals surface area (Å²) in [5.74, 6) is 2.22. The smallest absolute Gasteiger partial charge is 0.231 e. The number of rotatable bonds is 5. The number of halogens is 1. The standard InChI is InChI=1S/C16H13ClO5/c1-19-15-6-11(7-18)4-12(17)16(15)20-8-10-2-3-13-14(5-10)22-9-21-13/h2-7H,8-9H2,1H3. The van der Waals surface area contributed by atoms with Gasteiger partial charge in [-0.25, -0.2) is 0 Å². The van der Waals surface area contributed by atoms with Crippen LogP contribution in [0.15, 0.2) is 30.3 Å². The minimum atomic E-state index is 0.229. The average molecular weight is 321 g/mol. The molecule has 0 saturated carbocycles. The topological polar surface area (TPSA) is 54.0 Å². The summed E-state index contributed by atoms with van der Waals surface area (Å²) in [6.45, 7) is 0.514. The Morgan fingerprint density at radius 3 is 2.82 bits per heavy atom. The van der Waals surface area contributed by atoms with E-state index in [9.17, 15) is 4.79 Å². The molecule has 0 aliphatic carbocycles. The first-order valence-electron chi connectivity index (χ1n) is 6.55. The third-order valence-corrected chi connectivity index (χ3v) is 3.49. The first-order chi connectivity index (χ1) is 10.7. The van der Waals surface area contributed by atoms with Crippen LogP contribution >= 0.6 is 11.6 Å². The molecular formula is C16H13ClO5. The second-order valence-electron chi connectivity index (χ2n) is 4.63. The van der Waals surface area contributed by atoms with Gasteiger partial charge in [0.1, 0.15) is 12.9 Å². The number of hydrogen-bond acceptors (Lipinski definition) is 5. The molecule has 5 nitrogen and oxygen atoms in total. The quantitative estimate of drug-likeness (QED) is 0.790. The molecule has 0 atom stereocenters. The fourth-order valence-corrected chi connectivity index (χ4v) is 2.41. The highest BCUT2D eigenvalue weighted by atomic mass is 35.5. The molecule has 0 radical (unpaired) electrons. The second kappa shape index (κ2) is 6.15. The number of aldehydes is 1. The Labute approximate surface area is 132 Å². The third kappa shape index (κ3) is 2.80. The molecule has 0 amide bonds. The Kier molecular flexibility index (Phi) is 4.06. The maximum Gasteiger partial charge on any atom is 0.231 e. The molecule has 1 heterocycles. The van der Waals surface area contributed by atoms with Crippen LogP contribution in [0.25, 0.3) is 0 Å². The molecule has 0 unspecified atom stereocenters. The molecule has 1 aliphatic heterocycles. The van der Waals surface area contributed by atoms with E-state index in [1.165, 1.54) is 13.2 Å². The van der Waals surface area contributed by atoms with Crippen LogP contribution < -0.4 is 18.9 Å². The molecule has 22 heavy (non-hydrogen) atoms. The van der Waals surface area contributed by atoms with E-state index < -0.39 is 0 Å². The van der Waals surface area contributed by atoms with Crippen LogP contribution in [0, 0.1) is 0 Å². The molecular weight excluding hydrogens is 308 g/mol. The van der Waals surface area contributed by atoms with Gasteiger partial charge >= 0.3 is 0 Å². The highest BCUT2D eigenvalue weighted by molar-refractivity contribution is 6.32. The molecule has 0 saturated heterocycles. The molecule has 1 aliphatic rings. The van der Waals surface area contributed by atoms with Crippen LogP contribution in [-0.2, 0) is 6.61 Å². The minimum Gasteiger partial charge on any atom is -0.493 e. The maximum atomic E-state index is 10.8. The van der Waals surface area contributed by atoms with Gasteiger partial charge in [-0.15, -0.1) is 0 Å². The van der Waals surface area contributed by atoms with E-state index in [0.717, 1.165) is 11.3 Å². The van der Waals surface area contributed by atoms with E-state index >= 15 is 0 Å². The first-order valence-corrected chi connectivity index (χ1v) is 6.93. The van der Waals surface area contributed by atoms with Crippen LogP contribution in [0.2, 0.25) is 5.02 Å². The Morgan fingerprint density at radius 1 is 1.23 bits per heavy atom. The molecule has 0 bridgehead atoms. The van der Waals surface area contributed by atoms with E-state index in [2.05, 4.69) is 0 Å². The van der Waals surface area contributed by atoms with Crippen LogP contribution in [-0.4, -0.2) is 20.2 Å². The van der Waals surface area contributed by atoms with E-state index in [0.29, 0.717) is 34.1 Å². The number of methoxy groups -OCH3 is 1. The molecule has 2 aromatic rings. The molecule has 0 aromatic heterocycles. The number of fused-ring (bicyclic) bond motifs is 1. The van der Waals surface area contributed by atoms with Crippen molar-refractivity contribution in [3.8, 4) is 23.0 Å². The van der Waals surface area contributed by atoms with Crippen LogP contribution in [0.1, 0.15) is 15.9 Å². The van der Waals surface area contributed by atoms with Gasteiger partial charge < -0.3 is 18.9 Å². The zero-order valence-electron chi connectivity index (χ0n) is 11.8. The van der Waals surface area contributed by atoms with Crippen molar-refractivity contribution in [1.29, 1.82) is 0 Å². The third-order valence-electron chi connectivity index (χ3n) is 3.21. The normalized spacial score (nSPS) is 12.1. The summed E-state index contributed by atoms with van der Waals surface area (Å²) >= 11 is 6.14. The molecule has 0 spiro atoms. The number of ether oxygens (including phenoxy) is 4. The van der Waals surface area contributed by atoms with Gasteiger partial charge in [0.05, 0.1) is 12.1 Å². The Morgan fingerprint density at radius 2 is 2.05 bits per heavy atom. The van der Waals surface area contributed by atoms with Gasteiger partial charge in [-0.2, -0.15) is 0 Å². The van der Waals surface area contributed by atoms with E-state index in [-0.39, 0.29) is 13.4 Å². The molecule has 0 N–H and O–H groups in total. The summed E-state index contributed by atoms with van der Waals surface area (Å²) in [4.78, 5) is 10.8. The molecule has 114 valence electrons. The number of carbonyl (C=O) groups excluding carboxylic acids is 1. The summed E-state index contributed by atoms with van der Waals surface area (Å²) in [6, 6.07) is 8.67. The zero-order chi connectivity index (χ0) is 15.5. The Hall–Kier alpha value is -2.40. The van der Waals surface area contributed by atoms with Crippen molar-refractivity contribution < 1.29 is 23.7 Å². The van der Waals surface area contributed by atoms with Gasteiger partial charge in [-0.1, -0.05) is 17.7 Å². The van der Waals surface area contributed by atoms with Crippen molar-refractivity contribution in [2.75, 3.05) is 13.9 Å². The lowest BCUT2D eigenvalue weighted by atomic mass is 10.2. The fraction of sp³-hybridized carbons (Fsp3) is 0.188. The van der Waals surface area contributed by atoms with Gasteiger partial charge in [0, 0.05) is 5.56 Å². The van der Waals surface area contributed by atoms with Crippen molar-refractivity contribution >= 4 is 17.9 Å². The van der Waals surface area contributed by atoms with Crippen molar-refractivity contribution in [3.05, 3.63) is 46.5 Å². The van der Waals surface area contributed by atoms with Crippen molar-refractivity contribution in [2.24, 2.45) is 0 Å². The first kappa shape index (κ1) is 14.5. The van der Waals surface area contributed by atoms with Crippen LogP contribution in [0.5, 0.6) is 23.0 Å². The predicted molar refractivity (Wildman–Crippen MR) is 80.3 cm³/mol. The highest BCUT2D eigenvalue weighted by Gasteiger charge is 2.15. The van der Waals surface area contributed by atoms with Gasteiger partial charge in [0.15, 0.2) is 23.0 Å². The number of benzene rings is 2. The molecule has 6 heteroatoms. The lowest BCUT2D eigenvalue weighted by molar-refractivity contribution is 0.112. The van der Waals surface area contributed by atoms with Gasteiger partial charge in [0.2, 0.25) is 6.79 Å². The number of carbonyl (C=O) groups is 1. The SMILES string of the molecule is COc1cc(C=O)cc(Cl)c1OCc1ccc2c(c1)OCO2. The summed E-state index contributed by atoms with van der Waals surface area (Å²) < 4.78 is 21.5. The lowest BCUT2D eigenvalue weighted by Crippen LogP contribution is -1.99. The minimum absolute atomic E-state index is 0.229. The summed E-state index contributed by atoms with van der Waals surface area (Å²) in [5.41, 5.74) is 1.33. The van der Waals surface area contributed by atoms with Crippen LogP contribution in [0.4, 0.5) is 0 Å². The Balaban J connectivity index is 1.80. The predicted octanol–water partition coefficient (Wildman–Crippen LogP) is 3.47. The fourth-order valence-electron chi connectivity index (χ4n) is 2.13. The molecule has 0 fully saturated rings. The summed E-state index contributed by atoms with van der Waals surface area (Å²) in [5, 5.41) is 0.321. The van der Waals surface area contributed by atoms with E-state index in [1.54, 1.807) is 6.07 Å². The number of hydrogen-bond donors (Lipinski definition) is 0. The van der Waals surface area contributed by atoms with Gasteiger partial charge in [-0.05, 0) is 29.8 Å². The average Bonchev–Trinajstić information content (AvgIpc) is 3.00. The van der Waals surface area contributed by atoms with E-state index in [4.69, 9.17) is 30.5 Å². The highest BCUT2D eigenvalue weighted by Crippen LogP contribution is 2.37. The summed E-state index contributed by atoms with van der Waals surface area (Å²) in [7, 11) is 1.49. The van der Waals surface area contributed by atoms with Gasteiger partial charge in [-0.3, -0.25) is 4.79 Å². The molecule has 2 aromatic carbocycles. The van der Waals surface area contributed by atoms with Crippen molar-refractivity contribution in [3.63, 3.8) is 0 Å². The maximum absolute atomic E-state index is 10.8. The van der Waals surface area contributed by atoms with Crippen LogP contribution in [0.3, 0.4) is 0 Å². The largest absolute Gasteiger partial charge is 0.493 e. The van der Waals surface area contributed by atoms with Crippen molar-refractivity contribution in [2.45, 2.75) is 6.61 Å². The van der Waals surface area contributed by atoms with Gasteiger partial charge in [0.25, 0.3) is 0 Å². The Bertz CT molecular complexity index is 714. The second-order valence-corrected chi connectivity index (χ2v) is 5.04. The zero-order valence-corrected chi connectivity index (χ0v) is 12.6. The summed E-state index contributed by atoms with van der Waals surface area (Å²) in [6.07, 6.45) is 0.704. The van der Waals surface area contributed by atoms with Crippen molar-refractivity contribution in [1.82, 2.24) is 0 Å². The lowest BCUT2D eigenvalue weighted by Gasteiger charge is -2.13. The monoisotopic (exact) mass is 320 g/mol. The molecule has 3 rings (SSSR count). The van der Waals surface area contributed by atoms with E-state index in [1.807, 2.05) is 18.2 Å².